The molecule has 5 rings (SSSR count). The number of urea groups is 1. The standard InChI is InChI=1S/C25H27N5O2/c31-25(26-19-10-4-1-5-11-19)30-17-14-22-21(18-30)23(32-20-12-6-2-7-13-20)28-24(27-22)29-15-8-3-9-16-29/h1-2,4-7,10-13H,3,8-9,14-18H2,(H,26,31). The Morgan fingerprint density at radius 1 is 0.875 bits per heavy atom. The van der Waals surface area contributed by atoms with Gasteiger partial charge in [-0.3, -0.25) is 0 Å². The van der Waals surface area contributed by atoms with E-state index in [1.165, 1.54) is 6.42 Å². The third-order valence-corrected chi connectivity index (χ3v) is 5.92. The van der Waals surface area contributed by atoms with Crippen LogP contribution in [0.25, 0.3) is 0 Å². The highest BCUT2D eigenvalue weighted by Gasteiger charge is 2.28. The van der Waals surface area contributed by atoms with Gasteiger partial charge in [-0.25, -0.2) is 9.78 Å². The van der Waals surface area contributed by atoms with E-state index < -0.39 is 0 Å². The van der Waals surface area contributed by atoms with Gasteiger partial charge in [-0.1, -0.05) is 36.4 Å². The predicted molar refractivity (Wildman–Crippen MR) is 124 cm³/mol. The maximum Gasteiger partial charge on any atom is 0.322 e. The first kappa shape index (κ1) is 20.3. The molecule has 3 heterocycles. The van der Waals surface area contributed by atoms with Crippen molar-refractivity contribution in [3.8, 4) is 11.6 Å². The predicted octanol–water partition coefficient (Wildman–Crippen LogP) is 4.85. The lowest BCUT2D eigenvalue weighted by Crippen LogP contribution is -2.40. The second-order valence-corrected chi connectivity index (χ2v) is 8.18. The van der Waals surface area contributed by atoms with E-state index in [0.717, 1.165) is 54.6 Å². The highest BCUT2D eigenvalue weighted by molar-refractivity contribution is 5.89. The van der Waals surface area contributed by atoms with Crippen LogP contribution in [0.15, 0.2) is 60.7 Å². The summed E-state index contributed by atoms with van der Waals surface area (Å²) in [5.41, 5.74) is 2.63. The van der Waals surface area contributed by atoms with Crippen LogP contribution < -0.4 is 15.0 Å². The summed E-state index contributed by atoms with van der Waals surface area (Å²) < 4.78 is 6.22. The van der Waals surface area contributed by atoms with Crippen molar-refractivity contribution in [2.24, 2.45) is 0 Å². The van der Waals surface area contributed by atoms with Gasteiger partial charge in [0.15, 0.2) is 0 Å². The maximum atomic E-state index is 12.9. The molecule has 0 atom stereocenters. The van der Waals surface area contributed by atoms with Crippen molar-refractivity contribution in [1.29, 1.82) is 0 Å². The molecule has 0 unspecified atom stereocenters. The molecular formula is C25H27N5O2. The number of aromatic nitrogens is 2. The zero-order chi connectivity index (χ0) is 21.8. The molecule has 2 amide bonds. The maximum absolute atomic E-state index is 12.9. The summed E-state index contributed by atoms with van der Waals surface area (Å²) in [6, 6.07) is 19.0. The van der Waals surface area contributed by atoms with E-state index >= 15 is 0 Å². The molecular weight excluding hydrogens is 402 g/mol. The van der Waals surface area contributed by atoms with Crippen molar-refractivity contribution >= 4 is 17.7 Å². The van der Waals surface area contributed by atoms with Gasteiger partial charge in [-0.05, 0) is 43.5 Å². The van der Waals surface area contributed by atoms with Crippen molar-refractivity contribution in [3.05, 3.63) is 71.9 Å². The highest BCUT2D eigenvalue weighted by Crippen LogP contribution is 2.32. The fourth-order valence-corrected chi connectivity index (χ4v) is 4.19. The van der Waals surface area contributed by atoms with Crippen LogP contribution in [0.3, 0.4) is 0 Å². The molecule has 164 valence electrons. The number of hydrogen-bond donors (Lipinski definition) is 1. The van der Waals surface area contributed by atoms with Crippen LogP contribution in [0, 0.1) is 0 Å². The van der Waals surface area contributed by atoms with E-state index in [9.17, 15) is 4.79 Å². The molecule has 2 aliphatic rings. The lowest BCUT2D eigenvalue weighted by molar-refractivity contribution is 0.205. The SMILES string of the molecule is O=C(Nc1ccccc1)N1CCc2nc(N3CCCCC3)nc(Oc3ccccc3)c2C1. The molecule has 2 aromatic carbocycles. The third kappa shape index (κ3) is 4.51. The number of para-hydroxylation sites is 2. The van der Waals surface area contributed by atoms with Crippen molar-refractivity contribution < 1.29 is 9.53 Å². The van der Waals surface area contributed by atoms with Gasteiger partial charge in [-0.2, -0.15) is 4.98 Å². The van der Waals surface area contributed by atoms with E-state index in [1.807, 2.05) is 60.7 Å². The minimum absolute atomic E-state index is 0.132. The minimum Gasteiger partial charge on any atom is -0.438 e. The number of benzene rings is 2. The molecule has 0 saturated carbocycles. The highest BCUT2D eigenvalue weighted by atomic mass is 16.5. The zero-order valence-electron chi connectivity index (χ0n) is 18.0. The Hall–Kier alpha value is -3.61. The van der Waals surface area contributed by atoms with Crippen LogP contribution in [-0.4, -0.2) is 40.5 Å². The number of nitrogens with one attached hydrogen (secondary N) is 1. The molecule has 3 aromatic rings. The number of fused-ring (bicyclic) bond motifs is 1. The molecule has 0 radical (unpaired) electrons. The number of ether oxygens (including phenoxy) is 1. The summed E-state index contributed by atoms with van der Waals surface area (Å²) in [7, 11) is 0. The average Bonchev–Trinajstić information content (AvgIpc) is 2.85. The Bertz CT molecular complexity index is 1070. The molecule has 0 aliphatic carbocycles. The van der Waals surface area contributed by atoms with Gasteiger partial charge < -0.3 is 19.9 Å². The number of nitrogens with zero attached hydrogens (tertiary/aromatic N) is 4. The number of amides is 2. The van der Waals surface area contributed by atoms with E-state index in [0.29, 0.717) is 25.4 Å². The van der Waals surface area contributed by atoms with Crippen molar-refractivity contribution in [3.63, 3.8) is 0 Å². The summed E-state index contributed by atoms with van der Waals surface area (Å²) in [6.07, 6.45) is 4.23. The van der Waals surface area contributed by atoms with Gasteiger partial charge in [0, 0.05) is 31.7 Å². The Balaban J connectivity index is 1.43. The van der Waals surface area contributed by atoms with Crippen molar-refractivity contribution in [2.75, 3.05) is 29.9 Å². The van der Waals surface area contributed by atoms with Crippen LogP contribution in [0.5, 0.6) is 11.6 Å². The van der Waals surface area contributed by atoms with Gasteiger partial charge in [0.2, 0.25) is 11.8 Å². The molecule has 0 spiro atoms. The molecule has 1 N–H and O–H groups in total. The Morgan fingerprint density at radius 3 is 2.34 bits per heavy atom. The fraction of sp³-hybridized carbons (Fsp3) is 0.320. The number of piperidine rings is 1. The van der Waals surface area contributed by atoms with E-state index in [4.69, 9.17) is 14.7 Å². The summed E-state index contributed by atoms with van der Waals surface area (Å²) in [5.74, 6) is 2.00. The number of anilines is 2. The second-order valence-electron chi connectivity index (χ2n) is 8.18. The molecule has 7 heteroatoms. The normalized spacial score (nSPS) is 15.8. The van der Waals surface area contributed by atoms with E-state index in [-0.39, 0.29) is 6.03 Å². The summed E-state index contributed by atoms with van der Waals surface area (Å²) in [4.78, 5) is 26.6. The van der Waals surface area contributed by atoms with Gasteiger partial charge in [0.25, 0.3) is 0 Å². The van der Waals surface area contributed by atoms with Crippen molar-refractivity contribution in [1.82, 2.24) is 14.9 Å². The van der Waals surface area contributed by atoms with Gasteiger partial charge in [-0.15, -0.1) is 0 Å². The molecule has 32 heavy (non-hydrogen) atoms. The Labute approximate surface area is 188 Å². The number of carbonyl (C=O) groups excluding carboxylic acids is 1. The van der Waals surface area contributed by atoms with Crippen LogP contribution in [-0.2, 0) is 13.0 Å². The van der Waals surface area contributed by atoms with Crippen LogP contribution >= 0.6 is 0 Å². The van der Waals surface area contributed by atoms with Gasteiger partial charge in [0.05, 0.1) is 17.8 Å². The fourth-order valence-electron chi connectivity index (χ4n) is 4.19. The lowest BCUT2D eigenvalue weighted by atomic mass is 10.1. The first-order valence-corrected chi connectivity index (χ1v) is 11.2. The monoisotopic (exact) mass is 429 g/mol. The van der Waals surface area contributed by atoms with Crippen LogP contribution in [0.1, 0.15) is 30.5 Å². The molecule has 2 aliphatic heterocycles. The Kier molecular flexibility index (Phi) is 5.87. The molecule has 1 fully saturated rings. The molecule has 0 bridgehead atoms. The largest absolute Gasteiger partial charge is 0.438 e. The van der Waals surface area contributed by atoms with E-state index in [1.54, 1.807) is 4.90 Å². The topological polar surface area (TPSA) is 70.6 Å². The third-order valence-electron chi connectivity index (χ3n) is 5.92. The first-order valence-electron chi connectivity index (χ1n) is 11.2. The van der Waals surface area contributed by atoms with Gasteiger partial charge in [0.1, 0.15) is 5.75 Å². The summed E-state index contributed by atoms with van der Waals surface area (Å²) >= 11 is 0. The first-order chi connectivity index (χ1) is 15.8. The van der Waals surface area contributed by atoms with Gasteiger partial charge >= 0.3 is 6.03 Å². The van der Waals surface area contributed by atoms with Crippen molar-refractivity contribution in [2.45, 2.75) is 32.2 Å². The summed E-state index contributed by atoms with van der Waals surface area (Å²) in [6.45, 7) is 2.95. The molecule has 1 aromatic heterocycles. The van der Waals surface area contributed by atoms with Crippen LogP contribution in [0.2, 0.25) is 0 Å². The quantitative estimate of drug-likeness (QED) is 0.642. The lowest BCUT2D eigenvalue weighted by Gasteiger charge is -2.32. The number of rotatable bonds is 4. The average molecular weight is 430 g/mol. The second kappa shape index (κ2) is 9.26. The molecule has 1 saturated heterocycles. The van der Waals surface area contributed by atoms with E-state index in [2.05, 4.69) is 10.2 Å². The minimum atomic E-state index is -0.132. The zero-order valence-corrected chi connectivity index (χ0v) is 18.0. The summed E-state index contributed by atoms with van der Waals surface area (Å²) in [5, 5.41) is 2.97. The number of carbonyl (C=O) groups is 1. The smallest absolute Gasteiger partial charge is 0.322 e. The Morgan fingerprint density at radius 2 is 1.59 bits per heavy atom. The molecule has 7 nitrogen and oxygen atoms in total. The van der Waals surface area contributed by atoms with Crippen LogP contribution in [0.4, 0.5) is 16.4 Å². The number of hydrogen-bond acceptors (Lipinski definition) is 5.